The topological polar surface area (TPSA) is 12.0 Å². The number of thioether (sulfide) groups is 1. The molecule has 0 aliphatic carbocycles. The lowest BCUT2D eigenvalue weighted by atomic mass is 9.84. The molecule has 0 aliphatic rings. The molecule has 2 heteroatoms. The van der Waals surface area contributed by atoms with E-state index in [1.807, 2.05) is 11.8 Å². The van der Waals surface area contributed by atoms with E-state index >= 15 is 0 Å². The predicted octanol–water partition coefficient (Wildman–Crippen LogP) is 4.58. The maximum atomic E-state index is 3.58. The van der Waals surface area contributed by atoms with E-state index in [4.69, 9.17) is 0 Å². The molecule has 1 nitrogen and oxygen atoms in total. The fourth-order valence-electron chi connectivity index (χ4n) is 1.77. The zero-order chi connectivity index (χ0) is 13.4. The Kier molecular flexibility index (Phi) is 6.80. The Hall–Kier alpha value is -0.470. The van der Waals surface area contributed by atoms with Gasteiger partial charge in [0.15, 0.2) is 0 Å². The van der Waals surface area contributed by atoms with Crippen LogP contribution in [-0.4, -0.2) is 18.3 Å². The second-order valence-electron chi connectivity index (χ2n) is 5.61. The zero-order valence-corrected chi connectivity index (χ0v) is 13.0. The fourth-order valence-corrected chi connectivity index (χ4v) is 2.95. The van der Waals surface area contributed by atoms with Crippen LogP contribution in [0.4, 0.5) is 0 Å². The van der Waals surface area contributed by atoms with Crippen LogP contribution in [0.5, 0.6) is 0 Å². The minimum Gasteiger partial charge on any atom is -0.314 e. The first-order valence-corrected chi connectivity index (χ1v) is 7.95. The fraction of sp³-hybridized carbons (Fsp3) is 0.625. The van der Waals surface area contributed by atoms with Crippen molar-refractivity contribution in [3.8, 4) is 0 Å². The monoisotopic (exact) mass is 265 g/mol. The molecule has 1 aromatic rings. The van der Waals surface area contributed by atoms with Gasteiger partial charge in [0.25, 0.3) is 0 Å². The van der Waals surface area contributed by atoms with Crippen LogP contribution in [0, 0.1) is 5.41 Å². The Labute approximate surface area is 117 Å². The van der Waals surface area contributed by atoms with E-state index < -0.39 is 0 Å². The minimum absolute atomic E-state index is 0.423. The first kappa shape index (κ1) is 15.6. The van der Waals surface area contributed by atoms with Gasteiger partial charge in [0.2, 0.25) is 0 Å². The average molecular weight is 265 g/mol. The summed E-state index contributed by atoms with van der Waals surface area (Å²) >= 11 is 1.97. The summed E-state index contributed by atoms with van der Waals surface area (Å²) in [7, 11) is 0. The van der Waals surface area contributed by atoms with Crippen LogP contribution in [0.1, 0.15) is 40.5 Å². The van der Waals surface area contributed by atoms with Crippen molar-refractivity contribution >= 4 is 11.8 Å². The van der Waals surface area contributed by atoms with E-state index in [-0.39, 0.29) is 0 Å². The molecule has 102 valence electrons. The molecule has 1 atom stereocenters. The van der Waals surface area contributed by atoms with Crippen LogP contribution in [0.3, 0.4) is 0 Å². The van der Waals surface area contributed by atoms with Crippen molar-refractivity contribution in [3.05, 3.63) is 30.3 Å². The third kappa shape index (κ3) is 5.92. The summed E-state index contributed by atoms with van der Waals surface area (Å²) in [6, 6.07) is 11.3. The Morgan fingerprint density at radius 3 is 2.44 bits per heavy atom. The van der Waals surface area contributed by atoms with Gasteiger partial charge in [-0.25, -0.2) is 0 Å². The van der Waals surface area contributed by atoms with Gasteiger partial charge in [-0.3, -0.25) is 0 Å². The lowest BCUT2D eigenvalue weighted by molar-refractivity contribution is 0.275. The van der Waals surface area contributed by atoms with Gasteiger partial charge >= 0.3 is 0 Å². The van der Waals surface area contributed by atoms with Crippen LogP contribution < -0.4 is 5.32 Å². The van der Waals surface area contributed by atoms with E-state index in [1.54, 1.807) is 0 Å². The van der Waals surface area contributed by atoms with Crippen LogP contribution in [0.2, 0.25) is 0 Å². The molecule has 0 aliphatic heterocycles. The van der Waals surface area contributed by atoms with Crippen LogP contribution >= 0.6 is 11.8 Å². The molecule has 0 bridgehead atoms. The molecule has 1 aromatic carbocycles. The highest BCUT2D eigenvalue weighted by molar-refractivity contribution is 7.99. The second kappa shape index (κ2) is 7.85. The molecule has 0 saturated heterocycles. The predicted molar refractivity (Wildman–Crippen MR) is 83.3 cm³/mol. The van der Waals surface area contributed by atoms with Gasteiger partial charge in [0.05, 0.1) is 0 Å². The molecule has 0 amide bonds. The van der Waals surface area contributed by atoms with Gasteiger partial charge < -0.3 is 5.32 Å². The summed E-state index contributed by atoms with van der Waals surface area (Å²) in [5.41, 5.74) is 0.423. The summed E-state index contributed by atoms with van der Waals surface area (Å²) in [5.74, 6) is 1.20. The largest absolute Gasteiger partial charge is 0.314 e. The van der Waals surface area contributed by atoms with Crippen molar-refractivity contribution < 1.29 is 0 Å². The van der Waals surface area contributed by atoms with E-state index in [2.05, 4.69) is 63.3 Å². The van der Waals surface area contributed by atoms with Gasteiger partial charge in [-0.2, -0.15) is 0 Å². The lowest BCUT2D eigenvalue weighted by Gasteiger charge is -2.29. The molecule has 0 heterocycles. The van der Waals surface area contributed by atoms with Gasteiger partial charge in [-0.05, 0) is 36.1 Å². The molecule has 0 spiro atoms. The molecule has 0 fully saturated rings. The summed E-state index contributed by atoms with van der Waals surface area (Å²) in [6.07, 6.45) is 2.50. The quantitative estimate of drug-likeness (QED) is 0.690. The van der Waals surface area contributed by atoms with E-state index in [0.717, 1.165) is 6.54 Å². The number of benzene rings is 1. The molecule has 1 N–H and O–H groups in total. The summed E-state index contributed by atoms with van der Waals surface area (Å²) in [5, 5.41) is 3.58. The van der Waals surface area contributed by atoms with E-state index in [9.17, 15) is 0 Å². The Morgan fingerprint density at radius 2 is 1.89 bits per heavy atom. The van der Waals surface area contributed by atoms with Crippen molar-refractivity contribution in [3.63, 3.8) is 0 Å². The maximum absolute atomic E-state index is 3.58. The normalized spacial score (nSPS) is 14.7. The highest BCUT2D eigenvalue weighted by Gasteiger charge is 2.21. The molecule has 1 unspecified atom stereocenters. The molecule has 0 saturated carbocycles. The van der Waals surface area contributed by atoms with E-state index in [1.165, 1.54) is 23.5 Å². The van der Waals surface area contributed by atoms with Gasteiger partial charge in [-0.15, -0.1) is 11.8 Å². The van der Waals surface area contributed by atoms with Crippen molar-refractivity contribution in [1.82, 2.24) is 5.32 Å². The van der Waals surface area contributed by atoms with Crippen LogP contribution in [0.25, 0.3) is 0 Å². The molecule has 0 radical (unpaired) electrons. The SMILES string of the molecule is CCC(C)(CCSc1ccccc1)CNC(C)C. The number of nitrogens with one attached hydrogen (secondary N) is 1. The summed E-state index contributed by atoms with van der Waals surface area (Å²) < 4.78 is 0. The Balaban J connectivity index is 2.34. The molecule has 0 aromatic heterocycles. The average Bonchev–Trinajstić information content (AvgIpc) is 2.38. The first-order valence-electron chi connectivity index (χ1n) is 6.97. The van der Waals surface area contributed by atoms with Crippen molar-refractivity contribution in [1.29, 1.82) is 0 Å². The lowest BCUT2D eigenvalue weighted by Crippen LogP contribution is -2.35. The van der Waals surface area contributed by atoms with Crippen molar-refractivity contribution in [2.75, 3.05) is 12.3 Å². The number of hydrogen-bond donors (Lipinski definition) is 1. The van der Waals surface area contributed by atoms with Crippen molar-refractivity contribution in [2.24, 2.45) is 5.41 Å². The van der Waals surface area contributed by atoms with Gasteiger partial charge in [0.1, 0.15) is 0 Å². The number of rotatable bonds is 8. The zero-order valence-electron chi connectivity index (χ0n) is 12.2. The minimum atomic E-state index is 0.423. The Morgan fingerprint density at radius 1 is 1.22 bits per heavy atom. The molecular formula is C16H27NS. The van der Waals surface area contributed by atoms with Crippen LogP contribution in [0.15, 0.2) is 35.2 Å². The third-order valence-corrected chi connectivity index (χ3v) is 4.52. The highest BCUT2D eigenvalue weighted by atomic mass is 32.2. The smallest absolute Gasteiger partial charge is 0.00719 e. The summed E-state index contributed by atoms with van der Waals surface area (Å²) in [4.78, 5) is 1.38. The Bertz CT molecular complexity index is 323. The second-order valence-corrected chi connectivity index (χ2v) is 6.78. The number of hydrogen-bond acceptors (Lipinski definition) is 2. The maximum Gasteiger partial charge on any atom is 0.00719 e. The molecular weight excluding hydrogens is 238 g/mol. The van der Waals surface area contributed by atoms with Gasteiger partial charge in [0, 0.05) is 17.5 Å². The standard InChI is InChI=1S/C16H27NS/c1-5-16(4,13-17-14(2)3)11-12-18-15-9-7-6-8-10-15/h6-10,14,17H,5,11-13H2,1-4H3. The van der Waals surface area contributed by atoms with E-state index in [0.29, 0.717) is 11.5 Å². The van der Waals surface area contributed by atoms with Gasteiger partial charge in [-0.1, -0.05) is 45.9 Å². The van der Waals surface area contributed by atoms with Crippen molar-refractivity contribution in [2.45, 2.75) is 51.5 Å². The molecule has 1 rings (SSSR count). The van der Waals surface area contributed by atoms with Crippen LogP contribution in [-0.2, 0) is 0 Å². The third-order valence-electron chi connectivity index (χ3n) is 3.51. The first-order chi connectivity index (χ1) is 8.56. The molecule has 18 heavy (non-hydrogen) atoms. The summed E-state index contributed by atoms with van der Waals surface area (Å²) in [6.45, 7) is 10.3. The highest BCUT2D eigenvalue weighted by Crippen LogP contribution is 2.29.